The normalized spacial score (nSPS) is 12.2. The van der Waals surface area contributed by atoms with E-state index < -0.39 is 6.04 Å². The van der Waals surface area contributed by atoms with Gasteiger partial charge in [0.05, 0.1) is 0 Å². The van der Waals surface area contributed by atoms with Gasteiger partial charge in [0.25, 0.3) is 0 Å². The van der Waals surface area contributed by atoms with Gasteiger partial charge < -0.3 is 14.6 Å². The molecular weight excluding hydrogens is 244 g/mol. The third kappa shape index (κ3) is 3.89. The van der Waals surface area contributed by atoms with Crippen LogP contribution in [-0.2, 0) is 11.2 Å². The van der Waals surface area contributed by atoms with Crippen molar-refractivity contribution in [1.82, 2.24) is 15.1 Å². The Bertz CT molecular complexity index is 369. The molecule has 0 spiro atoms. The highest BCUT2D eigenvalue weighted by molar-refractivity contribution is 6.17. The van der Waals surface area contributed by atoms with Crippen molar-refractivity contribution < 1.29 is 9.21 Å². The fourth-order valence-corrected chi connectivity index (χ4v) is 1.39. The first-order valence-electron chi connectivity index (χ1n) is 5.48. The Morgan fingerprint density at radius 2 is 2.29 bits per heavy atom. The largest absolute Gasteiger partial charge is 0.408 e. The molecule has 7 heteroatoms. The summed E-state index contributed by atoms with van der Waals surface area (Å²) in [6.07, 6.45) is 0.521. The quantitative estimate of drug-likeness (QED) is 0.777. The number of likely N-dealkylation sites (N-methyl/N-ethyl adjacent to an activating group) is 1. The molecule has 1 aromatic rings. The number of carbonyl (C=O) groups excluding carboxylic acids is 1. The van der Waals surface area contributed by atoms with Gasteiger partial charge in [-0.1, -0.05) is 5.10 Å². The lowest BCUT2D eigenvalue weighted by atomic mass is 10.3. The van der Waals surface area contributed by atoms with E-state index >= 15 is 0 Å². The summed E-state index contributed by atoms with van der Waals surface area (Å²) in [5, 5.41) is 10.4. The number of amides is 1. The molecule has 1 amide bonds. The molecule has 0 bridgehead atoms. The molecule has 6 nitrogen and oxygen atoms in total. The Morgan fingerprint density at radius 1 is 1.59 bits per heavy atom. The van der Waals surface area contributed by atoms with Gasteiger partial charge in [-0.2, -0.15) is 0 Å². The number of carbonyl (C=O) groups is 1. The van der Waals surface area contributed by atoms with Crippen molar-refractivity contribution in [3.05, 3.63) is 5.89 Å². The zero-order valence-electron chi connectivity index (χ0n) is 10.2. The molecule has 1 N–H and O–H groups in total. The molecule has 0 saturated heterocycles. The summed E-state index contributed by atoms with van der Waals surface area (Å²) in [5.74, 6) is 0.866. The zero-order chi connectivity index (χ0) is 12.8. The van der Waals surface area contributed by atoms with E-state index in [9.17, 15) is 4.79 Å². The number of alkyl halides is 1. The highest BCUT2D eigenvalue weighted by Crippen LogP contribution is 2.08. The lowest BCUT2D eigenvalue weighted by molar-refractivity contribution is -0.130. The summed E-state index contributed by atoms with van der Waals surface area (Å²) >= 11 is 5.55. The Morgan fingerprint density at radius 3 is 2.88 bits per heavy atom. The van der Waals surface area contributed by atoms with Crippen molar-refractivity contribution in [3.63, 3.8) is 0 Å². The minimum absolute atomic E-state index is 0.0235. The van der Waals surface area contributed by atoms with Crippen molar-refractivity contribution in [2.24, 2.45) is 0 Å². The maximum Gasteiger partial charge on any atom is 0.316 e. The number of aromatic nitrogens is 2. The van der Waals surface area contributed by atoms with Crippen LogP contribution in [0.15, 0.2) is 4.42 Å². The summed E-state index contributed by atoms with van der Waals surface area (Å²) < 4.78 is 5.27. The molecule has 1 heterocycles. The molecule has 1 atom stereocenters. The van der Waals surface area contributed by atoms with Crippen LogP contribution in [0.25, 0.3) is 0 Å². The minimum atomic E-state index is -0.399. The van der Waals surface area contributed by atoms with E-state index in [1.54, 1.807) is 18.9 Å². The SMILES string of the molecule is CCN(C)C(=O)C(C)Nc1nnc(CCCl)o1. The number of nitrogens with zero attached hydrogens (tertiary/aromatic N) is 3. The highest BCUT2D eigenvalue weighted by Gasteiger charge is 2.18. The molecular formula is C10H17ClN4O2. The van der Waals surface area contributed by atoms with Gasteiger partial charge in [0.1, 0.15) is 6.04 Å². The maximum absolute atomic E-state index is 11.8. The third-order valence-electron chi connectivity index (χ3n) is 2.34. The zero-order valence-corrected chi connectivity index (χ0v) is 11.0. The average Bonchev–Trinajstić information content (AvgIpc) is 2.75. The van der Waals surface area contributed by atoms with Gasteiger partial charge in [0, 0.05) is 25.9 Å². The topological polar surface area (TPSA) is 71.3 Å². The molecule has 96 valence electrons. The van der Waals surface area contributed by atoms with Crippen molar-refractivity contribution in [2.45, 2.75) is 26.3 Å². The van der Waals surface area contributed by atoms with Gasteiger partial charge in [0.15, 0.2) is 0 Å². The number of aryl methyl sites for hydroxylation is 1. The standard InChI is InChI=1S/C10H17ClN4O2/c1-4-15(3)9(16)7(2)12-10-14-13-8(17-10)5-6-11/h7H,4-6H2,1-3H3,(H,12,14). The number of hydrogen-bond donors (Lipinski definition) is 1. The summed E-state index contributed by atoms with van der Waals surface area (Å²) in [6.45, 7) is 4.32. The molecule has 17 heavy (non-hydrogen) atoms. The molecule has 0 saturated carbocycles. The first-order chi connectivity index (χ1) is 8.08. The van der Waals surface area contributed by atoms with Crippen LogP contribution in [0.5, 0.6) is 0 Å². The summed E-state index contributed by atoms with van der Waals surface area (Å²) in [5.41, 5.74) is 0. The van der Waals surface area contributed by atoms with Gasteiger partial charge in [-0.3, -0.25) is 4.79 Å². The van der Waals surface area contributed by atoms with Crippen molar-refractivity contribution >= 4 is 23.5 Å². The van der Waals surface area contributed by atoms with Crippen LogP contribution in [-0.4, -0.2) is 46.5 Å². The number of rotatable bonds is 6. The van der Waals surface area contributed by atoms with Crippen molar-refractivity contribution in [2.75, 3.05) is 24.8 Å². The second-order valence-electron chi connectivity index (χ2n) is 3.66. The monoisotopic (exact) mass is 260 g/mol. The molecule has 1 aromatic heterocycles. The van der Waals surface area contributed by atoms with Crippen LogP contribution < -0.4 is 5.32 Å². The summed E-state index contributed by atoms with van der Waals surface area (Å²) in [7, 11) is 1.74. The van der Waals surface area contributed by atoms with Crippen LogP contribution in [0.3, 0.4) is 0 Å². The molecule has 0 aromatic carbocycles. The number of hydrogen-bond acceptors (Lipinski definition) is 5. The number of anilines is 1. The van der Waals surface area contributed by atoms with E-state index in [-0.39, 0.29) is 11.9 Å². The van der Waals surface area contributed by atoms with Gasteiger partial charge in [-0.05, 0) is 13.8 Å². The molecule has 0 fully saturated rings. The van der Waals surface area contributed by atoms with Crippen molar-refractivity contribution in [1.29, 1.82) is 0 Å². The maximum atomic E-state index is 11.8. The van der Waals surface area contributed by atoms with Crippen LogP contribution >= 0.6 is 11.6 Å². The summed E-state index contributed by atoms with van der Waals surface area (Å²) in [4.78, 5) is 13.4. The smallest absolute Gasteiger partial charge is 0.316 e. The number of nitrogens with one attached hydrogen (secondary N) is 1. The molecule has 1 unspecified atom stereocenters. The first-order valence-corrected chi connectivity index (χ1v) is 6.01. The Hall–Kier alpha value is -1.30. The van der Waals surface area contributed by atoms with Gasteiger partial charge in [-0.15, -0.1) is 16.7 Å². The minimum Gasteiger partial charge on any atom is -0.408 e. The lowest BCUT2D eigenvalue weighted by Gasteiger charge is -2.19. The fourth-order valence-electron chi connectivity index (χ4n) is 1.23. The average molecular weight is 261 g/mol. The first kappa shape index (κ1) is 13.8. The molecule has 0 aliphatic carbocycles. The highest BCUT2D eigenvalue weighted by atomic mass is 35.5. The number of halogens is 1. The predicted octanol–water partition coefficient (Wildman–Crippen LogP) is 1.13. The van der Waals surface area contributed by atoms with E-state index in [1.165, 1.54) is 0 Å². The second kappa shape index (κ2) is 6.44. The molecule has 1 rings (SSSR count). The predicted molar refractivity (Wildman–Crippen MR) is 65.1 cm³/mol. The molecule has 0 radical (unpaired) electrons. The summed E-state index contributed by atoms with van der Waals surface area (Å²) in [6, 6.07) is -0.153. The van der Waals surface area contributed by atoms with E-state index in [1.807, 2.05) is 6.92 Å². The lowest BCUT2D eigenvalue weighted by Crippen LogP contribution is -2.38. The van der Waals surface area contributed by atoms with E-state index in [0.717, 1.165) is 0 Å². The van der Waals surface area contributed by atoms with E-state index in [0.29, 0.717) is 24.7 Å². The third-order valence-corrected chi connectivity index (χ3v) is 2.53. The van der Waals surface area contributed by atoms with Gasteiger partial charge in [0.2, 0.25) is 11.8 Å². The van der Waals surface area contributed by atoms with Gasteiger partial charge in [-0.25, -0.2) is 0 Å². The Kier molecular flexibility index (Phi) is 5.21. The van der Waals surface area contributed by atoms with Gasteiger partial charge >= 0.3 is 6.01 Å². The van der Waals surface area contributed by atoms with E-state index in [4.69, 9.17) is 16.0 Å². The van der Waals surface area contributed by atoms with Crippen molar-refractivity contribution in [3.8, 4) is 0 Å². The Labute approximate surface area is 105 Å². The molecule has 0 aliphatic heterocycles. The van der Waals surface area contributed by atoms with E-state index in [2.05, 4.69) is 15.5 Å². The Balaban J connectivity index is 2.55. The molecule has 0 aliphatic rings. The van der Waals surface area contributed by atoms with Crippen LogP contribution in [0.4, 0.5) is 6.01 Å². The van der Waals surface area contributed by atoms with Crippen LogP contribution in [0, 0.1) is 0 Å². The second-order valence-corrected chi connectivity index (χ2v) is 4.04. The van der Waals surface area contributed by atoms with Crippen LogP contribution in [0.1, 0.15) is 19.7 Å². The van der Waals surface area contributed by atoms with Crippen LogP contribution in [0.2, 0.25) is 0 Å². The fraction of sp³-hybridized carbons (Fsp3) is 0.700.